The lowest BCUT2D eigenvalue weighted by molar-refractivity contribution is 0.0937. The minimum absolute atomic E-state index is 0.0323. The number of hydrogen-bond acceptors (Lipinski definition) is 3. The quantitative estimate of drug-likeness (QED) is 0.861. The Morgan fingerprint density at radius 2 is 2.15 bits per heavy atom. The summed E-state index contributed by atoms with van der Waals surface area (Å²) in [7, 11) is -2.98. The second kappa shape index (κ2) is 4.89. The Bertz CT molecular complexity index is 782. The van der Waals surface area contributed by atoms with Crippen molar-refractivity contribution in [2.24, 2.45) is 0 Å². The van der Waals surface area contributed by atoms with Crippen molar-refractivity contribution in [2.75, 3.05) is 11.5 Å². The van der Waals surface area contributed by atoms with Gasteiger partial charge in [-0.05, 0) is 24.6 Å². The largest absolute Gasteiger partial charge is 0.350 e. The molecule has 0 spiro atoms. The average Bonchev–Trinajstić information content (AvgIpc) is 2.92. The van der Waals surface area contributed by atoms with E-state index in [4.69, 9.17) is 0 Å². The zero-order chi connectivity index (χ0) is 14.3. The molecular weight excluding hydrogens is 344 g/mol. The van der Waals surface area contributed by atoms with E-state index in [0.717, 1.165) is 15.4 Å². The van der Waals surface area contributed by atoms with Crippen molar-refractivity contribution in [3.63, 3.8) is 0 Å². The molecule has 7 heteroatoms. The molecule has 2 aromatic rings. The molecule has 1 amide bonds. The van der Waals surface area contributed by atoms with E-state index in [-0.39, 0.29) is 23.5 Å². The van der Waals surface area contributed by atoms with Gasteiger partial charge in [0, 0.05) is 21.4 Å². The molecule has 2 N–H and O–H groups in total. The third kappa shape index (κ3) is 2.73. The van der Waals surface area contributed by atoms with Gasteiger partial charge in [0.1, 0.15) is 5.69 Å². The third-order valence-corrected chi connectivity index (χ3v) is 5.66. The van der Waals surface area contributed by atoms with Gasteiger partial charge in [-0.15, -0.1) is 0 Å². The molecule has 0 radical (unpaired) electrons. The number of benzene rings is 1. The van der Waals surface area contributed by atoms with Crippen LogP contribution in [0.4, 0.5) is 0 Å². The van der Waals surface area contributed by atoms with Crippen LogP contribution in [0.5, 0.6) is 0 Å². The molecule has 0 saturated carbocycles. The molecule has 1 fully saturated rings. The van der Waals surface area contributed by atoms with Gasteiger partial charge in [0.15, 0.2) is 9.84 Å². The number of amides is 1. The van der Waals surface area contributed by atoms with Crippen LogP contribution in [0.3, 0.4) is 0 Å². The monoisotopic (exact) mass is 356 g/mol. The molecule has 0 bridgehead atoms. The van der Waals surface area contributed by atoms with Gasteiger partial charge in [-0.3, -0.25) is 4.79 Å². The number of aromatic nitrogens is 1. The van der Waals surface area contributed by atoms with Crippen molar-refractivity contribution in [2.45, 2.75) is 12.5 Å². The molecule has 5 nitrogen and oxygen atoms in total. The van der Waals surface area contributed by atoms with Crippen molar-refractivity contribution in [1.82, 2.24) is 10.3 Å². The van der Waals surface area contributed by atoms with E-state index in [9.17, 15) is 13.2 Å². The summed E-state index contributed by atoms with van der Waals surface area (Å²) in [6.07, 6.45) is 0.486. The summed E-state index contributed by atoms with van der Waals surface area (Å²) in [5.74, 6) is -0.0818. The lowest BCUT2D eigenvalue weighted by Crippen LogP contribution is -2.35. The molecule has 1 aromatic carbocycles. The molecule has 3 rings (SSSR count). The fourth-order valence-corrected chi connectivity index (χ4v) is 4.43. The Kier molecular flexibility index (Phi) is 3.33. The highest BCUT2D eigenvalue weighted by Crippen LogP contribution is 2.20. The number of carbonyl (C=O) groups is 1. The number of H-pyrrole nitrogens is 1. The number of sulfone groups is 1. The second-order valence-corrected chi connectivity index (χ2v) is 8.13. The van der Waals surface area contributed by atoms with E-state index < -0.39 is 9.84 Å². The van der Waals surface area contributed by atoms with Crippen molar-refractivity contribution in [1.29, 1.82) is 0 Å². The SMILES string of the molecule is O=C(NC1CCS(=O)(=O)C1)c1cc2ccc(Br)cc2[nH]1. The number of carbonyl (C=O) groups excluding carboxylic acids is 1. The van der Waals surface area contributed by atoms with E-state index in [1.165, 1.54) is 0 Å². The molecule has 0 aliphatic carbocycles. The van der Waals surface area contributed by atoms with Gasteiger partial charge in [0.05, 0.1) is 11.5 Å². The van der Waals surface area contributed by atoms with E-state index in [2.05, 4.69) is 26.2 Å². The van der Waals surface area contributed by atoms with Gasteiger partial charge in [-0.2, -0.15) is 0 Å². The Balaban J connectivity index is 1.79. The molecule has 1 aliphatic rings. The number of nitrogens with one attached hydrogen (secondary N) is 2. The highest BCUT2D eigenvalue weighted by molar-refractivity contribution is 9.10. The zero-order valence-electron chi connectivity index (χ0n) is 10.5. The molecule has 1 atom stereocenters. The van der Waals surface area contributed by atoms with Crippen LogP contribution in [-0.2, 0) is 9.84 Å². The molecule has 106 valence electrons. The van der Waals surface area contributed by atoms with E-state index in [0.29, 0.717) is 12.1 Å². The summed E-state index contributed by atoms with van der Waals surface area (Å²) in [6, 6.07) is 7.19. The van der Waals surface area contributed by atoms with Crippen LogP contribution in [0.25, 0.3) is 10.9 Å². The first-order valence-corrected chi connectivity index (χ1v) is 8.84. The molecular formula is C13H13BrN2O3S. The van der Waals surface area contributed by atoms with Crippen LogP contribution in [0.15, 0.2) is 28.7 Å². The number of aromatic amines is 1. The topological polar surface area (TPSA) is 79.0 Å². The second-order valence-electron chi connectivity index (χ2n) is 4.99. The number of fused-ring (bicyclic) bond motifs is 1. The van der Waals surface area contributed by atoms with Crippen LogP contribution in [0, 0.1) is 0 Å². The van der Waals surface area contributed by atoms with Gasteiger partial charge in [0.25, 0.3) is 5.91 Å². The van der Waals surface area contributed by atoms with Gasteiger partial charge in [-0.25, -0.2) is 8.42 Å². The summed E-state index contributed by atoms with van der Waals surface area (Å²) in [4.78, 5) is 15.2. The zero-order valence-corrected chi connectivity index (χ0v) is 12.9. The number of rotatable bonds is 2. The highest BCUT2D eigenvalue weighted by atomic mass is 79.9. The van der Waals surface area contributed by atoms with Gasteiger partial charge in [0.2, 0.25) is 0 Å². The maximum Gasteiger partial charge on any atom is 0.267 e. The Morgan fingerprint density at radius 3 is 2.85 bits per heavy atom. The average molecular weight is 357 g/mol. The molecule has 1 unspecified atom stereocenters. The minimum atomic E-state index is -2.98. The maximum atomic E-state index is 12.1. The molecule has 2 heterocycles. The number of hydrogen-bond donors (Lipinski definition) is 2. The van der Waals surface area contributed by atoms with Crippen molar-refractivity contribution < 1.29 is 13.2 Å². The first-order valence-electron chi connectivity index (χ1n) is 6.22. The molecule has 20 heavy (non-hydrogen) atoms. The first-order chi connectivity index (χ1) is 9.43. The van der Waals surface area contributed by atoms with E-state index in [1.807, 2.05) is 18.2 Å². The Hall–Kier alpha value is -1.34. The lowest BCUT2D eigenvalue weighted by atomic mass is 10.2. The summed E-state index contributed by atoms with van der Waals surface area (Å²) >= 11 is 3.37. The van der Waals surface area contributed by atoms with Gasteiger partial charge < -0.3 is 10.3 Å². The van der Waals surface area contributed by atoms with Crippen molar-refractivity contribution in [3.8, 4) is 0 Å². The number of halogens is 1. The summed E-state index contributed by atoms with van der Waals surface area (Å²) in [5.41, 5.74) is 1.31. The van der Waals surface area contributed by atoms with Crippen LogP contribution in [-0.4, -0.2) is 36.9 Å². The van der Waals surface area contributed by atoms with Crippen LogP contribution in [0.2, 0.25) is 0 Å². The summed E-state index contributed by atoms with van der Waals surface area (Å²) < 4.78 is 23.7. The predicted octanol–water partition coefficient (Wildman–Crippen LogP) is 1.85. The van der Waals surface area contributed by atoms with Gasteiger partial charge >= 0.3 is 0 Å². The van der Waals surface area contributed by atoms with Crippen LogP contribution >= 0.6 is 15.9 Å². The smallest absolute Gasteiger partial charge is 0.267 e. The van der Waals surface area contributed by atoms with Crippen molar-refractivity contribution >= 4 is 42.6 Å². The first kappa shape index (κ1) is 13.6. The summed E-state index contributed by atoms with van der Waals surface area (Å²) in [6.45, 7) is 0. The molecule has 1 aliphatic heterocycles. The van der Waals surface area contributed by atoms with Crippen LogP contribution in [0.1, 0.15) is 16.9 Å². The fourth-order valence-electron chi connectivity index (χ4n) is 2.39. The standard InChI is InChI=1S/C13H13BrN2O3S/c14-9-2-1-8-5-12(16-11(8)6-9)13(17)15-10-3-4-20(18,19)7-10/h1-2,5-6,10,16H,3-4,7H2,(H,15,17). The Morgan fingerprint density at radius 1 is 1.35 bits per heavy atom. The highest BCUT2D eigenvalue weighted by Gasteiger charge is 2.29. The molecule has 1 saturated heterocycles. The fraction of sp³-hybridized carbons (Fsp3) is 0.308. The van der Waals surface area contributed by atoms with Crippen LogP contribution < -0.4 is 5.32 Å². The van der Waals surface area contributed by atoms with E-state index in [1.54, 1.807) is 6.07 Å². The Labute approximate surface area is 124 Å². The normalized spacial score (nSPS) is 21.1. The third-order valence-electron chi connectivity index (χ3n) is 3.40. The lowest BCUT2D eigenvalue weighted by Gasteiger charge is -2.09. The van der Waals surface area contributed by atoms with Gasteiger partial charge in [-0.1, -0.05) is 22.0 Å². The predicted molar refractivity (Wildman–Crippen MR) is 80.5 cm³/mol. The summed E-state index contributed by atoms with van der Waals surface area (Å²) in [5, 5.41) is 3.71. The maximum absolute atomic E-state index is 12.1. The van der Waals surface area contributed by atoms with E-state index >= 15 is 0 Å². The minimum Gasteiger partial charge on any atom is -0.350 e. The molecule has 1 aromatic heterocycles. The van der Waals surface area contributed by atoms with Crippen molar-refractivity contribution in [3.05, 3.63) is 34.4 Å².